The smallest absolute Gasteiger partial charge is 0.144 e. The lowest BCUT2D eigenvalue weighted by atomic mass is 9.94. The predicted octanol–water partition coefficient (Wildman–Crippen LogP) is 1.80. The number of rotatable bonds is 5. The molecule has 19 heavy (non-hydrogen) atoms. The third-order valence-electron chi connectivity index (χ3n) is 3.48. The SMILES string of the molecule is CNC1COCC1C(=O)Cc1cc(OC)ccc1Br. The summed E-state index contributed by atoms with van der Waals surface area (Å²) < 4.78 is 11.5. The van der Waals surface area contributed by atoms with Crippen molar-refractivity contribution in [1.29, 1.82) is 0 Å². The normalized spacial score (nSPS) is 22.5. The molecule has 0 spiro atoms. The molecule has 1 N–H and O–H groups in total. The molecule has 1 aliphatic rings. The van der Waals surface area contributed by atoms with Gasteiger partial charge in [0.15, 0.2) is 0 Å². The van der Waals surface area contributed by atoms with Crippen molar-refractivity contribution in [2.24, 2.45) is 5.92 Å². The van der Waals surface area contributed by atoms with Crippen LogP contribution < -0.4 is 10.1 Å². The zero-order valence-corrected chi connectivity index (χ0v) is 12.7. The standard InChI is InChI=1S/C14H18BrNO3/c1-16-13-8-19-7-11(13)14(17)6-9-5-10(18-2)3-4-12(9)15/h3-5,11,13,16H,6-8H2,1-2H3. The highest BCUT2D eigenvalue weighted by Gasteiger charge is 2.32. The molecule has 104 valence electrons. The first-order valence-corrected chi connectivity index (χ1v) is 7.05. The predicted molar refractivity (Wildman–Crippen MR) is 76.6 cm³/mol. The molecule has 0 radical (unpaired) electrons. The van der Waals surface area contributed by atoms with Gasteiger partial charge in [0.25, 0.3) is 0 Å². The number of ether oxygens (including phenoxy) is 2. The number of hydrogen-bond donors (Lipinski definition) is 1. The van der Waals surface area contributed by atoms with Crippen molar-refractivity contribution in [3.05, 3.63) is 28.2 Å². The van der Waals surface area contributed by atoms with Crippen molar-refractivity contribution in [2.75, 3.05) is 27.4 Å². The quantitative estimate of drug-likeness (QED) is 0.895. The highest BCUT2D eigenvalue weighted by molar-refractivity contribution is 9.10. The minimum absolute atomic E-state index is 0.0666. The summed E-state index contributed by atoms with van der Waals surface area (Å²) in [6.45, 7) is 1.11. The zero-order valence-electron chi connectivity index (χ0n) is 11.1. The number of likely N-dealkylation sites (N-methyl/N-ethyl adjacent to an activating group) is 1. The van der Waals surface area contributed by atoms with E-state index in [0.717, 1.165) is 15.8 Å². The van der Waals surface area contributed by atoms with Crippen molar-refractivity contribution in [3.63, 3.8) is 0 Å². The second-order valence-corrected chi connectivity index (χ2v) is 5.49. The maximum atomic E-state index is 12.4. The van der Waals surface area contributed by atoms with E-state index in [4.69, 9.17) is 9.47 Å². The Morgan fingerprint density at radius 3 is 3.00 bits per heavy atom. The summed E-state index contributed by atoms with van der Waals surface area (Å²) in [5.41, 5.74) is 0.950. The fourth-order valence-electron chi connectivity index (χ4n) is 2.29. The van der Waals surface area contributed by atoms with Crippen LogP contribution in [0.5, 0.6) is 5.75 Å². The van der Waals surface area contributed by atoms with E-state index in [-0.39, 0.29) is 17.7 Å². The third-order valence-corrected chi connectivity index (χ3v) is 4.26. The molecule has 0 saturated carbocycles. The number of carbonyl (C=O) groups is 1. The lowest BCUT2D eigenvalue weighted by molar-refractivity contribution is -0.122. The number of halogens is 1. The van der Waals surface area contributed by atoms with Gasteiger partial charge >= 0.3 is 0 Å². The van der Waals surface area contributed by atoms with Gasteiger partial charge in [-0.15, -0.1) is 0 Å². The lowest BCUT2D eigenvalue weighted by Crippen LogP contribution is -2.37. The van der Waals surface area contributed by atoms with E-state index in [1.54, 1.807) is 7.11 Å². The second kappa shape index (κ2) is 6.50. The summed E-state index contributed by atoms with van der Waals surface area (Å²) in [6.07, 6.45) is 0.393. The van der Waals surface area contributed by atoms with Crippen molar-refractivity contribution in [2.45, 2.75) is 12.5 Å². The number of benzene rings is 1. The maximum Gasteiger partial charge on any atom is 0.144 e. The van der Waals surface area contributed by atoms with E-state index in [1.807, 2.05) is 25.2 Å². The second-order valence-electron chi connectivity index (χ2n) is 4.64. The van der Waals surface area contributed by atoms with Crippen LogP contribution in [0.3, 0.4) is 0 Å². The molecule has 2 unspecified atom stereocenters. The third kappa shape index (κ3) is 3.35. The molecule has 2 rings (SSSR count). The fraction of sp³-hybridized carbons (Fsp3) is 0.500. The minimum atomic E-state index is -0.0666. The topological polar surface area (TPSA) is 47.6 Å². The molecule has 4 nitrogen and oxygen atoms in total. The molecule has 1 aromatic carbocycles. The molecule has 0 aliphatic carbocycles. The Balaban J connectivity index is 2.10. The van der Waals surface area contributed by atoms with Crippen LogP contribution in [0.2, 0.25) is 0 Å². The zero-order chi connectivity index (χ0) is 13.8. The number of hydrogen-bond acceptors (Lipinski definition) is 4. The van der Waals surface area contributed by atoms with Crippen LogP contribution in [0.4, 0.5) is 0 Å². The Kier molecular flexibility index (Phi) is 4.96. The number of Topliss-reactive ketones (excluding diaryl/α,β-unsaturated/α-hetero) is 1. The Labute approximate surface area is 121 Å². The average Bonchev–Trinajstić information content (AvgIpc) is 2.89. The summed E-state index contributed by atoms with van der Waals surface area (Å²) in [4.78, 5) is 12.4. The van der Waals surface area contributed by atoms with Gasteiger partial charge in [-0.3, -0.25) is 4.79 Å². The summed E-state index contributed by atoms with van der Waals surface area (Å²) in [6, 6.07) is 5.79. The van der Waals surface area contributed by atoms with Crippen LogP contribution in [-0.4, -0.2) is 39.2 Å². The maximum absolute atomic E-state index is 12.4. The van der Waals surface area contributed by atoms with Crippen LogP contribution in [0, 0.1) is 5.92 Å². The number of carbonyl (C=O) groups excluding carboxylic acids is 1. The molecule has 1 aromatic rings. The fourth-order valence-corrected chi connectivity index (χ4v) is 2.68. The van der Waals surface area contributed by atoms with Gasteiger partial charge in [0.1, 0.15) is 11.5 Å². The minimum Gasteiger partial charge on any atom is -0.497 e. The van der Waals surface area contributed by atoms with Gasteiger partial charge in [-0.2, -0.15) is 0 Å². The molecule has 5 heteroatoms. The van der Waals surface area contributed by atoms with Gasteiger partial charge in [0.05, 0.1) is 26.2 Å². The molecule has 0 amide bonds. The highest BCUT2D eigenvalue weighted by Crippen LogP contribution is 2.25. The van der Waals surface area contributed by atoms with Gasteiger partial charge in [-0.05, 0) is 30.8 Å². The summed E-state index contributed by atoms with van der Waals surface area (Å²) in [7, 11) is 3.48. The van der Waals surface area contributed by atoms with Gasteiger partial charge < -0.3 is 14.8 Å². The van der Waals surface area contributed by atoms with Crippen molar-refractivity contribution in [1.82, 2.24) is 5.32 Å². The van der Waals surface area contributed by atoms with Crippen molar-refractivity contribution in [3.8, 4) is 5.75 Å². The Hall–Kier alpha value is -0.910. The van der Waals surface area contributed by atoms with Gasteiger partial charge in [-0.25, -0.2) is 0 Å². The molecular weight excluding hydrogens is 310 g/mol. The number of methoxy groups -OCH3 is 1. The van der Waals surface area contributed by atoms with Crippen molar-refractivity contribution < 1.29 is 14.3 Å². The summed E-state index contributed by atoms with van der Waals surface area (Å²) >= 11 is 3.47. The van der Waals surface area contributed by atoms with E-state index in [9.17, 15) is 4.79 Å². The molecular formula is C14H18BrNO3. The average molecular weight is 328 g/mol. The van der Waals surface area contributed by atoms with E-state index >= 15 is 0 Å². The van der Waals surface area contributed by atoms with Gasteiger partial charge in [0.2, 0.25) is 0 Å². The molecule has 0 aromatic heterocycles. The van der Waals surface area contributed by atoms with Crippen LogP contribution >= 0.6 is 15.9 Å². The first-order valence-electron chi connectivity index (χ1n) is 6.26. The highest BCUT2D eigenvalue weighted by atomic mass is 79.9. The van der Waals surface area contributed by atoms with Crippen LogP contribution in [0.1, 0.15) is 5.56 Å². The molecule has 2 atom stereocenters. The van der Waals surface area contributed by atoms with E-state index < -0.39 is 0 Å². The van der Waals surface area contributed by atoms with E-state index in [2.05, 4.69) is 21.2 Å². The molecule has 1 saturated heterocycles. The summed E-state index contributed by atoms with van der Waals surface area (Å²) in [5, 5.41) is 3.14. The first kappa shape index (κ1) is 14.5. The van der Waals surface area contributed by atoms with E-state index in [1.165, 1.54) is 0 Å². The Morgan fingerprint density at radius 1 is 1.53 bits per heavy atom. The van der Waals surface area contributed by atoms with Gasteiger partial charge in [0, 0.05) is 16.9 Å². The lowest BCUT2D eigenvalue weighted by Gasteiger charge is -2.16. The van der Waals surface area contributed by atoms with Crippen LogP contribution in [0.15, 0.2) is 22.7 Å². The monoisotopic (exact) mass is 327 g/mol. The molecule has 1 fully saturated rings. The number of ketones is 1. The van der Waals surface area contributed by atoms with Crippen LogP contribution in [0.25, 0.3) is 0 Å². The van der Waals surface area contributed by atoms with Gasteiger partial charge in [-0.1, -0.05) is 15.9 Å². The largest absolute Gasteiger partial charge is 0.497 e. The molecule has 1 heterocycles. The summed E-state index contributed by atoms with van der Waals surface area (Å²) in [5.74, 6) is 0.896. The van der Waals surface area contributed by atoms with E-state index in [0.29, 0.717) is 19.6 Å². The first-order chi connectivity index (χ1) is 9.15. The Morgan fingerprint density at radius 2 is 2.32 bits per heavy atom. The molecule has 1 aliphatic heterocycles. The van der Waals surface area contributed by atoms with Crippen molar-refractivity contribution >= 4 is 21.7 Å². The molecule has 0 bridgehead atoms. The van der Waals surface area contributed by atoms with Crippen LogP contribution in [-0.2, 0) is 16.0 Å². The number of nitrogens with one attached hydrogen (secondary N) is 1. The Bertz CT molecular complexity index is 464.